The highest BCUT2D eigenvalue weighted by molar-refractivity contribution is 7.98. The number of hydrogen-bond acceptors (Lipinski definition) is 5. The third-order valence-electron chi connectivity index (χ3n) is 2.38. The van der Waals surface area contributed by atoms with Crippen LogP contribution in [0.5, 0.6) is 0 Å². The third kappa shape index (κ3) is 2.52. The van der Waals surface area contributed by atoms with Crippen LogP contribution in [0.3, 0.4) is 0 Å². The van der Waals surface area contributed by atoms with E-state index in [2.05, 4.69) is 23.8 Å². The van der Waals surface area contributed by atoms with Crippen LogP contribution in [0.2, 0.25) is 0 Å². The van der Waals surface area contributed by atoms with Gasteiger partial charge in [0, 0.05) is 12.7 Å². The molecule has 0 unspecified atom stereocenters. The molecule has 0 N–H and O–H groups in total. The van der Waals surface area contributed by atoms with Crippen LogP contribution in [-0.4, -0.2) is 28.9 Å². The summed E-state index contributed by atoms with van der Waals surface area (Å²) in [4.78, 5) is 21.9. The Morgan fingerprint density at radius 2 is 2.35 bits per heavy atom. The number of ether oxygens (including phenoxy) is 1. The van der Waals surface area contributed by atoms with E-state index in [0.29, 0.717) is 23.4 Å². The monoisotopic (exact) mass is 253 g/mol. The van der Waals surface area contributed by atoms with Crippen molar-refractivity contribution in [3.63, 3.8) is 0 Å². The maximum Gasteiger partial charge on any atom is 0.415 e. The number of nitrogens with zero attached hydrogens (tertiary/aromatic N) is 3. The molecule has 17 heavy (non-hydrogen) atoms. The molecule has 0 aliphatic carbocycles. The molecule has 2 rings (SSSR count). The Labute approximate surface area is 105 Å². The average Bonchev–Trinajstić information content (AvgIpc) is 2.32. The van der Waals surface area contributed by atoms with E-state index < -0.39 is 0 Å². The largest absolute Gasteiger partial charge is 0.444 e. The van der Waals surface area contributed by atoms with E-state index in [1.165, 1.54) is 11.8 Å². The van der Waals surface area contributed by atoms with Gasteiger partial charge in [-0.1, -0.05) is 25.6 Å². The van der Waals surface area contributed by atoms with Gasteiger partial charge in [-0.2, -0.15) is 0 Å². The summed E-state index contributed by atoms with van der Waals surface area (Å²) < 4.78 is 5.09. The number of cyclic esters (lactones) is 1. The number of carbonyl (C=O) groups excluding carboxylic acids is 1. The lowest BCUT2D eigenvalue weighted by Gasteiger charge is -2.28. The summed E-state index contributed by atoms with van der Waals surface area (Å²) in [6, 6.07) is 0. The molecule has 5 nitrogen and oxygen atoms in total. The van der Waals surface area contributed by atoms with E-state index in [4.69, 9.17) is 4.74 Å². The Kier molecular flexibility index (Phi) is 3.51. The van der Waals surface area contributed by atoms with E-state index in [1.54, 1.807) is 11.1 Å². The first-order valence-electron chi connectivity index (χ1n) is 5.46. The SMILES string of the molecule is CSc1ncc2c(n1)N(CC(C)C)C(=O)OC2. The fourth-order valence-electron chi connectivity index (χ4n) is 1.65. The molecule has 1 aliphatic rings. The molecule has 6 heteroatoms. The number of aromatic nitrogens is 2. The number of carbonyl (C=O) groups is 1. The Morgan fingerprint density at radius 3 is 3.00 bits per heavy atom. The van der Waals surface area contributed by atoms with Crippen LogP contribution in [0, 0.1) is 5.92 Å². The number of hydrogen-bond donors (Lipinski definition) is 0. The van der Waals surface area contributed by atoms with Crippen LogP contribution >= 0.6 is 11.8 Å². The average molecular weight is 253 g/mol. The summed E-state index contributed by atoms with van der Waals surface area (Å²) >= 11 is 1.46. The first-order chi connectivity index (χ1) is 8.11. The van der Waals surface area contributed by atoms with Crippen molar-refractivity contribution in [3.8, 4) is 0 Å². The van der Waals surface area contributed by atoms with E-state index in [-0.39, 0.29) is 12.7 Å². The van der Waals surface area contributed by atoms with Gasteiger partial charge in [-0.05, 0) is 12.2 Å². The zero-order valence-corrected chi connectivity index (χ0v) is 11.0. The molecule has 1 aromatic rings. The minimum atomic E-state index is -0.322. The van der Waals surface area contributed by atoms with Gasteiger partial charge in [-0.3, -0.25) is 4.90 Å². The second-order valence-corrected chi connectivity index (χ2v) is 5.04. The molecular weight excluding hydrogens is 238 g/mol. The van der Waals surface area contributed by atoms with Crippen molar-refractivity contribution in [1.29, 1.82) is 0 Å². The minimum Gasteiger partial charge on any atom is -0.444 e. The molecule has 0 atom stereocenters. The van der Waals surface area contributed by atoms with Gasteiger partial charge in [0.05, 0.1) is 5.56 Å². The number of thioether (sulfide) groups is 1. The summed E-state index contributed by atoms with van der Waals surface area (Å²) in [5.41, 5.74) is 0.864. The summed E-state index contributed by atoms with van der Waals surface area (Å²) in [6.45, 7) is 4.98. The summed E-state index contributed by atoms with van der Waals surface area (Å²) in [5, 5.41) is 0.673. The molecule has 0 saturated carbocycles. The van der Waals surface area contributed by atoms with E-state index in [9.17, 15) is 4.79 Å². The van der Waals surface area contributed by atoms with Crippen molar-refractivity contribution in [3.05, 3.63) is 11.8 Å². The quantitative estimate of drug-likeness (QED) is 0.611. The first kappa shape index (κ1) is 12.2. The van der Waals surface area contributed by atoms with Crippen LogP contribution in [-0.2, 0) is 11.3 Å². The molecule has 0 spiro atoms. The van der Waals surface area contributed by atoms with Crippen LogP contribution in [0.4, 0.5) is 10.6 Å². The zero-order chi connectivity index (χ0) is 12.4. The van der Waals surface area contributed by atoms with E-state index in [0.717, 1.165) is 5.56 Å². The standard InChI is InChI=1S/C11H15N3O2S/c1-7(2)5-14-9-8(6-16-11(14)15)4-12-10(13-9)17-3/h4,7H,5-6H2,1-3H3. The highest BCUT2D eigenvalue weighted by atomic mass is 32.2. The first-order valence-corrected chi connectivity index (χ1v) is 6.68. The molecule has 2 heterocycles. The van der Waals surface area contributed by atoms with Crippen molar-refractivity contribution in [2.24, 2.45) is 5.92 Å². The van der Waals surface area contributed by atoms with Crippen molar-refractivity contribution in [2.75, 3.05) is 17.7 Å². The predicted molar refractivity (Wildman–Crippen MR) is 66.2 cm³/mol. The fourth-order valence-corrected chi connectivity index (χ4v) is 1.98. The van der Waals surface area contributed by atoms with Crippen molar-refractivity contribution in [2.45, 2.75) is 25.6 Å². The topological polar surface area (TPSA) is 55.3 Å². The van der Waals surface area contributed by atoms with Crippen molar-refractivity contribution in [1.82, 2.24) is 9.97 Å². The van der Waals surface area contributed by atoms with Crippen LogP contribution < -0.4 is 4.90 Å². The Balaban J connectivity index is 2.37. The zero-order valence-electron chi connectivity index (χ0n) is 10.1. The highest BCUT2D eigenvalue weighted by Gasteiger charge is 2.28. The van der Waals surface area contributed by atoms with Gasteiger partial charge >= 0.3 is 6.09 Å². The van der Waals surface area contributed by atoms with Crippen molar-refractivity contribution >= 4 is 23.7 Å². The predicted octanol–water partition coefficient (Wildman–Crippen LogP) is 2.31. The molecule has 0 fully saturated rings. The normalized spacial score (nSPS) is 14.8. The summed E-state index contributed by atoms with van der Waals surface area (Å²) in [5.74, 6) is 1.05. The molecule has 0 radical (unpaired) electrons. The van der Waals surface area contributed by atoms with Crippen molar-refractivity contribution < 1.29 is 9.53 Å². The molecule has 0 bridgehead atoms. The molecule has 1 aliphatic heterocycles. The lowest BCUT2D eigenvalue weighted by atomic mass is 10.2. The molecule has 0 saturated heterocycles. The smallest absolute Gasteiger partial charge is 0.415 e. The van der Waals surface area contributed by atoms with Gasteiger partial charge < -0.3 is 4.74 Å². The van der Waals surface area contributed by atoms with Gasteiger partial charge in [0.1, 0.15) is 12.4 Å². The second kappa shape index (κ2) is 4.91. The Hall–Kier alpha value is -1.30. The lowest BCUT2D eigenvalue weighted by molar-refractivity contribution is 0.140. The minimum absolute atomic E-state index is 0.261. The molecule has 0 aromatic carbocycles. The molecule has 1 aromatic heterocycles. The maximum absolute atomic E-state index is 11.7. The van der Waals surface area contributed by atoms with Gasteiger partial charge in [0.15, 0.2) is 5.16 Å². The fraction of sp³-hybridized carbons (Fsp3) is 0.545. The third-order valence-corrected chi connectivity index (χ3v) is 2.94. The molecule has 1 amide bonds. The Morgan fingerprint density at radius 1 is 1.59 bits per heavy atom. The van der Waals surface area contributed by atoms with Gasteiger partial charge in [0.2, 0.25) is 0 Å². The number of fused-ring (bicyclic) bond motifs is 1. The van der Waals surface area contributed by atoms with Gasteiger partial charge in [0.25, 0.3) is 0 Å². The number of rotatable bonds is 3. The highest BCUT2D eigenvalue weighted by Crippen LogP contribution is 2.26. The lowest BCUT2D eigenvalue weighted by Crippen LogP contribution is -2.39. The molecular formula is C11H15N3O2S. The van der Waals surface area contributed by atoms with Gasteiger partial charge in [-0.15, -0.1) is 0 Å². The molecule has 92 valence electrons. The van der Waals surface area contributed by atoms with E-state index >= 15 is 0 Å². The maximum atomic E-state index is 11.7. The number of amides is 1. The number of anilines is 1. The van der Waals surface area contributed by atoms with Crippen LogP contribution in [0.1, 0.15) is 19.4 Å². The van der Waals surface area contributed by atoms with Crippen LogP contribution in [0.25, 0.3) is 0 Å². The van der Waals surface area contributed by atoms with Crippen LogP contribution in [0.15, 0.2) is 11.4 Å². The van der Waals surface area contributed by atoms with E-state index in [1.807, 2.05) is 6.26 Å². The summed E-state index contributed by atoms with van der Waals surface area (Å²) in [6.07, 6.45) is 3.32. The Bertz CT molecular complexity index is 437. The second-order valence-electron chi connectivity index (χ2n) is 4.26. The summed E-state index contributed by atoms with van der Waals surface area (Å²) in [7, 11) is 0. The van der Waals surface area contributed by atoms with Gasteiger partial charge in [-0.25, -0.2) is 14.8 Å².